The zero-order valence-electron chi connectivity index (χ0n) is 10.8. The van der Waals surface area contributed by atoms with Crippen LogP contribution in [0.25, 0.3) is 0 Å². The van der Waals surface area contributed by atoms with Gasteiger partial charge in [-0.2, -0.15) is 0 Å². The standard InChI is InChI=1S/C15H16N2O2/c1-19-15(18)13-9-16-14(17-13)12-7-6-10-4-2-3-5-11(10)8-12/h2-5,9,12H,6-8H2,1H3,(H,16,17). The van der Waals surface area contributed by atoms with Crippen LogP contribution in [-0.4, -0.2) is 23.0 Å². The number of hydrogen-bond acceptors (Lipinski definition) is 3. The number of aromatic amines is 1. The van der Waals surface area contributed by atoms with Crippen LogP contribution in [0.1, 0.15) is 39.8 Å². The quantitative estimate of drug-likeness (QED) is 0.840. The van der Waals surface area contributed by atoms with Crippen LogP contribution in [0.15, 0.2) is 30.5 Å². The number of aryl methyl sites for hydroxylation is 1. The number of benzene rings is 1. The topological polar surface area (TPSA) is 55.0 Å². The molecule has 2 aromatic rings. The molecule has 1 aromatic heterocycles. The van der Waals surface area contributed by atoms with Crippen molar-refractivity contribution in [1.29, 1.82) is 0 Å². The van der Waals surface area contributed by atoms with E-state index in [4.69, 9.17) is 0 Å². The second-order valence-corrected chi connectivity index (χ2v) is 4.88. The number of carbonyl (C=O) groups excluding carboxylic acids is 1. The minimum Gasteiger partial charge on any atom is -0.464 e. The highest BCUT2D eigenvalue weighted by Gasteiger charge is 2.23. The number of ether oxygens (including phenoxy) is 1. The van der Waals surface area contributed by atoms with Gasteiger partial charge in [-0.05, 0) is 30.4 Å². The van der Waals surface area contributed by atoms with E-state index in [1.165, 1.54) is 18.2 Å². The van der Waals surface area contributed by atoms with Gasteiger partial charge in [0.25, 0.3) is 0 Å². The molecule has 4 heteroatoms. The van der Waals surface area contributed by atoms with E-state index in [1.807, 2.05) is 0 Å². The molecule has 0 fully saturated rings. The lowest BCUT2D eigenvalue weighted by molar-refractivity contribution is 0.0594. The molecule has 1 aliphatic carbocycles. The van der Waals surface area contributed by atoms with Crippen molar-refractivity contribution in [2.75, 3.05) is 7.11 Å². The lowest BCUT2D eigenvalue weighted by Gasteiger charge is -2.22. The summed E-state index contributed by atoms with van der Waals surface area (Å²) in [5.74, 6) is 0.873. The molecule has 1 aromatic carbocycles. The van der Waals surface area contributed by atoms with Crippen molar-refractivity contribution in [2.45, 2.75) is 25.2 Å². The lowest BCUT2D eigenvalue weighted by Crippen LogP contribution is -2.14. The molecule has 0 saturated heterocycles. The maximum atomic E-state index is 11.4. The van der Waals surface area contributed by atoms with E-state index >= 15 is 0 Å². The molecule has 1 heterocycles. The van der Waals surface area contributed by atoms with E-state index in [0.717, 1.165) is 25.1 Å². The van der Waals surface area contributed by atoms with E-state index in [2.05, 4.69) is 39.0 Å². The van der Waals surface area contributed by atoms with Crippen molar-refractivity contribution >= 4 is 5.97 Å². The zero-order valence-corrected chi connectivity index (χ0v) is 10.8. The smallest absolute Gasteiger partial charge is 0.356 e. The summed E-state index contributed by atoms with van der Waals surface area (Å²) in [6.45, 7) is 0. The molecule has 3 rings (SSSR count). The highest BCUT2D eigenvalue weighted by atomic mass is 16.5. The van der Waals surface area contributed by atoms with Crippen LogP contribution in [0, 0.1) is 0 Å². The third-order valence-electron chi connectivity index (χ3n) is 3.73. The molecule has 1 N–H and O–H groups in total. The number of nitrogens with one attached hydrogen (secondary N) is 1. The minimum atomic E-state index is -0.366. The van der Waals surface area contributed by atoms with Crippen molar-refractivity contribution in [3.8, 4) is 0 Å². The van der Waals surface area contributed by atoms with Crippen LogP contribution in [-0.2, 0) is 17.6 Å². The first-order valence-corrected chi connectivity index (χ1v) is 6.48. The highest BCUT2D eigenvalue weighted by Crippen LogP contribution is 2.31. The first-order valence-electron chi connectivity index (χ1n) is 6.48. The molecular weight excluding hydrogens is 240 g/mol. The molecule has 0 amide bonds. The Kier molecular flexibility index (Phi) is 3.07. The van der Waals surface area contributed by atoms with Crippen molar-refractivity contribution in [3.63, 3.8) is 0 Å². The Morgan fingerprint density at radius 1 is 1.37 bits per heavy atom. The van der Waals surface area contributed by atoms with Crippen LogP contribution in [0.5, 0.6) is 0 Å². The number of rotatable bonds is 2. The summed E-state index contributed by atoms with van der Waals surface area (Å²) in [5.41, 5.74) is 3.24. The lowest BCUT2D eigenvalue weighted by atomic mass is 9.83. The fraction of sp³-hybridized carbons (Fsp3) is 0.333. The fourth-order valence-electron chi connectivity index (χ4n) is 2.69. The summed E-state index contributed by atoms with van der Waals surface area (Å²) in [7, 11) is 1.37. The van der Waals surface area contributed by atoms with Gasteiger partial charge in [0.2, 0.25) is 0 Å². The second-order valence-electron chi connectivity index (χ2n) is 4.88. The van der Waals surface area contributed by atoms with Gasteiger partial charge in [-0.1, -0.05) is 24.3 Å². The number of nitrogens with zero attached hydrogens (tertiary/aromatic N) is 1. The number of hydrogen-bond donors (Lipinski definition) is 1. The first kappa shape index (κ1) is 12.0. The SMILES string of the molecule is COC(=O)c1cnc(C2CCc3ccccc3C2)[nH]1. The number of fused-ring (bicyclic) bond motifs is 1. The number of aromatic nitrogens is 2. The molecule has 0 saturated carbocycles. The normalized spacial score (nSPS) is 17.8. The van der Waals surface area contributed by atoms with Crippen LogP contribution in [0.3, 0.4) is 0 Å². The summed E-state index contributed by atoms with van der Waals surface area (Å²) >= 11 is 0. The minimum absolute atomic E-state index is 0.355. The van der Waals surface area contributed by atoms with Gasteiger partial charge >= 0.3 is 5.97 Å². The van der Waals surface area contributed by atoms with Crippen LogP contribution < -0.4 is 0 Å². The Morgan fingerprint density at radius 3 is 2.95 bits per heavy atom. The first-order chi connectivity index (χ1) is 9.28. The molecule has 0 aliphatic heterocycles. The van der Waals surface area contributed by atoms with Crippen LogP contribution >= 0.6 is 0 Å². The van der Waals surface area contributed by atoms with Gasteiger partial charge in [0.1, 0.15) is 11.5 Å². The average molecular weight is 256 g/mol. The Hall–Kier alpha value is -2.10. The van der Waals surface area contributed by atoms with Crippen molar-refractivity contribution in [3.05, 3.63) is 53.1 Å². The van der Waals surface area contributed by atoms with Gasteiger partial charge in [0.05, 0.1) is 13.3 Å². The number of H-pyrrole nitrogens is 1. The highest BCUT2D eigenvalue weighted by molar-refractivity contribution is 5.86. The number of esters is 1. The fourth-order valence-corrected chi connectivity index (χ4v) is 2.69. The van der Waals surface area contributed by atoms with Crippen LogP contribution in [0.2, 0.25) is 0 Å². The summed E-state index contributed by atoms with van der Waals surface area (Å²) in [6, 6.07) is 8.52. The maximum absolute atomic E-state index is 11.4. The average Bonchev–Trinajstić information content (AvgIpc) is 2.95. The molecule has 1 atom stereocenters. The van der Waals surface area contributed by atoms with Gasteiger partial charge in [-0.15, -0.1) is 0 Å². The largest absolute Gasteiger partial charge is 0.464 e. The predicted octanol–water partition coefficient (Wildman–Crippen LogP) is 2.47. The molecule has 1 unspecified atom stereocenters. The molecule has 0 bridgehead atoms. The molecule has 19 heavy (non-hydrogen) atoms. The Balaban J connectivity index is 1.81. The van der Waals surface area contributed by atoms with Crippen molar-refractivity contribution in [2.24, 2.45) is 0 Å². The molecule has 0 radical (unpaired) electrons. The Morgan fingerprint density at radius 2 is 2.16 bits per heavy atom. The summed E-state index contributed by atoms with van der Waals surface area (Å²) < 4.78 is 4.68. The van der Waals surface area contributed by atoms with E-state index in [1.54, 1.807) is 6.20 Å². The number of carbonyl (C=O) groups is 1. The predicted molar refractivity (Wildman–Crippen MR) is 71.1 cm³/mol. The molecule has 98 valence electrons. The Labute approximate surface area is 111 Å². The van der Waals surface area contributed by atoms with E-state index in [0.29, 0.717) is 11.6 Å². The van der Waals surface area contributed by atoms with Crippen molar-refractivity contribution < 1.29 is 9.53 Å². The summed E-state index contributed by atoms with van der Waals surface area (Å²) in [4.78, 5) is 18.8. The van der Waals surface area contributed by atoms with Gasteiger partial charge in [0, 0.05) is 5.92 Å². The number of methoxy groups -OCH3 is 1. The van der Waals surface area contributed by atoms with E-state index < -0.39 is 0 Å². The van der Waals surface area contributed by atoms with Gasteiger partial charge in [-0.25, -0.2) is 9.78 Å². The van der Waals surface area contributed by atoms with Gasteiger partial charge in [0.15, 0.2) is 0 Å². The van der Waals surface area contributed by atoms with Crippen molar-refractivity contribution in [1.82, 2.24) is 9.97 Å². The second kappa shape index (κ2) is 4.88. The maximum Gasteiger partial charge on any atom is 0.356 e. The summed E-state index contributed by atoms with van der Waals surface area (Å²) in [5, 5.41) is 0. The molecular formula is C15H16N2O2. The van der Waals surface area contributed by atoms with Gasteiger partial charge < -0.3 is 9.72 Å². The third kappa shape index (κ3) is 2.26. The Bertz CT molecular complexity index is 604. The van der Waals surface area contributed by atoms with E-state index in [9.17, 15) is 4.79 Å². The van der Waals surface area contributed by atoms with Gasteiger partial charge in [-0.3, -0.25) is 0 Å². The summed E-state index contributed by atoms with van der Waals surface area (Å²) in [6.07, 6.45) is 4.66. The zero-order chi connectivity index (χ0) is 13.2. The monoisotopic (exact) mass is 256 g/mol. The van der Waals surface area contributed by atoms with E-state index in [-0.39, 0.29) is 5.97 Å². The third-order valence-corrected chi connectivity index (χ3v) is 3.73. The molecule has 0 spiro atoms. The number of imidazole rings is 1. The van der Waals surface area contributed by atoms with Crippen LogP contribution in [0.4, 0.5) is 0 Å². The molecule has 1 aliphatic rings. The molecule has 4 nitrogen and oxygen atoms in total.